The molecule has 1 aromatic heterocycles. The van der Waals surface area contributed by atoms with Crippen LogP contribution in [-0.2, 0) is 11.0 Å². The summed E-state index contributed by atoms with van der Waals surface area (Å²) in [5.74, 6) is -0.645. The predicted octanol–water partition coefficient (Wildman–Crippen LogP) is 2.80. The fourth-order valence-electron chi connectivity index (χ4n) is 1.27. The first kappa shape index (κ1) is 18.0. The highest BCUT2D eigenvalue weighted by Gasteiger charge is 2.31. The number of halogens is 4. The summed E-state index contributed by atoms with van der Waals surface area (Å²) in [4.78, 5) is 15.1. The summed E-state index contributed by atoms with van der Waals surface area (Å²) in [7, 11) is 0. The third-order valence-electron chi connectivity index (χ3n) is 2.61. The Morgan fingerprint density at radius 1 is 1.50 bits per heavy atom. The lowest BCUT2D eigenvalue weighted by atomic mass is 9.95. The van der Waals surface area contributed by atoms with E-state index >= 15 is 0 Å². The molecule has 120 valence electrons. The Balaban J connectivity index is 2.54. The normalized spacial score (nSPS) is 11.7. The maximum Gasteiger partial charge on any atom is 0.417 e. The van der Waals surface area contributed by atoms with Gasteiger partial charge in [0.2, 0.25) is 11.8 Å². The number of nitrogens with one attached hydrogen (secondary N) is 1. The molecule has 5 nitrogen and oxygen atoms in total. The molecule has 1 N–H and O–H groups in total. The third-order valence-corrected chi connectivity index (χ3v) is 2.88. The SMILES string of the molecule is CC(C)(C#N)C(=O)NCCOc1ncc(C(F)(F)F)cc1Cl. The summed E-state index contributed by atoms with van der Waals surface area (Å²) in [6.45, 7) is 2.92. The molecule has 0 aliphatic heterocycles. The molecular formula is C13H13ClF3N3O2. The summed E-state index contributed by atoms with van der Waals surface area (Å²) in [5, 5.41) is 10.9. The van der Waals surface area contributed by atoms with Crippen LogP contribution in [0.4, 0.5) is 13.2 Å². The number of nitrogens with zero attached hydrogens (tertiary/aromatic N) is 2. The van der Waals surface area contributed by atoms with Gasteiger partial charge in [0.25, 0.3) is 0 Å². The lowest BCUT2D eigenvalue weighted by Crippen LogP contribution is -2.38. The quantitative estimate of drug-likeness (QED) is 0.840. The second-order valence-electron chi connectivity index (χ2n) is 4.85. The van der Waals surface area contributed by atoms with Crippen molar-refractivity contribution in [3.05, 3.63) is 22.8 Å². The molecule has 0 bridgehead atoms. The topological polar surface area (TPSA) is 75.0 Å². The maximum atomic E-state index is 12.4. The Kier molecular flexibility index (Phi) is 5.60. The first-order valence-corrected chi connectivity index (χ1v) is 6.51. The third kappa shape index (κ3) is 4.77. The summed E-state index contributed by atoms with van der Waals surface area (Å²) < 4.78 is 42.4. The van der Waals surface area contributed by atoms with Gasteiger partial charge in [-0.2, -0.15) is 18.4 Å². The molecule has 0 radical (unpaired) electrons. The van der Waals surface area contributed by atoms with Crippen molar-refractivity contribution in [2.24, 2.45) is 5.41 Å². The molecule has 22 heavy (non-hydrogen) atoms. The van der Waals surface area contributed by atoms with E-state index in [4.69, 9.17) is 21.6 Å². The lowest BCUT2D eigenvalue weighted by molar-refractivity contribution is -0.137. The number of hydrogen-bond donors (Lipinski definition) is 1. The molecule has 1 heterocycles. The van der Waals surface area contributed by atoms with Crippen LogP contribution in [0.15, 0.2) is 12.3 Å². The molecule has 0 fully saturated rings. The number of amides is 1. The summed E-state index contributed by atoms with van der Waals surface area (Å²) >= 11 is 5.65. The zero-order valence-corrected chi connectivity index (χ0v) is 12.5. The Hall–Kier alpha value is -2.01. The van der Waals surface area contributed by atoms with Crippen molar-refractivity contribution in [1.29, 1.82) is 5.26 Å². The minimum atomic E-state index is -4.54. The Bertz CT molecular complexity index is 597. The average molecular weight is 336 g/mol. The van der Waals surface area contributed by atoms with Crippen LogP contribution in [0.5, 0.6) is 5.88 Å². The highest BCUT2D eigenvalue weighted by atomic mass is 35.5. The second kappa shape index (κ2) is 6.83. The molecule has 9 heteroatoms. The molecule has 0 aromatic carbocycles. The number of pyridine rings is 1. The van der Waals surface area contributed by atoms with Crippen LogP contribution >= 0.6 is 11.6 Å². The Labute approximate surface area is 130 Å². The molecule has 0 aliphatic rings. The van der Waals surface area contributed by atoms with Gasteiger partial charge >= 0.3 is 6.18 Å². The van der Waals surface area contributed by atoms with E-state index in [9.17, 15) is 18.0 Å². The number of ether oxygens (including phenoxy) is 1. The van der Waals surface area contributed by atoms with E-state index < -0.39 is 23.1 Å². The van der Waals surface area contributed by atoms with Gasteiger partial charge in [0, 0.05) is 6.20 Å². The molecule has 0 spiro atoms. The summed E-state index contributed by atoms with van der Waals surface area (Å²) in [5.41, 5.74) is -2.15. The number of rotatable bonds is 5. The highest BCUT2D eigenvalue weighted by molar-refractivity contribution is 6.31. The number of carbonyl (C=O) groups is 1. The van der Waals surface area contributed by atoms with Gasteiger partial charge in [-0.05, 0) is 19.9 Å². The Morgan fingerprint density at radius 2 is 2.14 bits per heavy atom. The molecule has 0 unspecified atom stereocenters. The van der Waals surface area contributed by atoms with Gasteiger partial charge in [0.1, 0.15) is 17.0 Å². The standard InChI is InChI=1S/C13H13ClF3N3O2/c1-12(2,7-18)11(21)19-3-4-22-10-9(14)5-8(6-20-10)13(15,16)17/h5-6H,3-4H2,1-2H3,(H,19,21). The number of alkyl halides is 3. The highest BCUT2D eigenvalue weighted by Crippen LogP contribution is 2.32. The van der Waals surface area contributed by atoms with Gasteiger partial charge in [-0.25, -0.2) is 4.98 Å². The fourth-order valence-corrected chi connectivity index (χ4v) is 1.49. The van der Waals surface area contributed by atoms with Crippen LogP contribution < -0.4 is 10.1 Å². The lowest BCUT2D eigenvalue weighted by Gasteiger charge is -2.15. The first-order valence-electron chi connectivity index (χ1n) is 6.13. The van der Waals surface area contributed by atoms with Crippen molar-refractivity contribution in [2.45, 2.75) is 20.0 Å². The summed E-state index contributed by atoms with van der Waals surface area (Å²) in [6.07, 6.45) is -3.93. The van der Waals surface area contributed by atoms with E-state index in [0.717, 1.165) is 0 Å². The fraction of sp³-hybridized carbons (Fsp3) is 0.462. The van der Waals surface area contributed by atoms with Crippen molar-refractivity contribution in [1.82, 2.24) is 10.3 Å². The van der Waals surface area contributed by atoms with Crippen LogP contribution in [0, 0.1) is 16.7 Å². The first-order chi connectivity index (χ1) is 10.1. The van der Waals surface area contributed by atoms with Crippen molar-refractivity contribution in [3.8, 4) is 11.9 Å². The van der Waals surface area contributed by atoms with E-state index in [1.807, 2.05) is 6.07 Å². The molecular weight excluding hydrogens is 323 g/mol. The maximum absolute atomic E-state index is 12.4. The van der Waals surface area contributed by atoms with Crippen molar-refractivity contribution in [2.75, 3.05) is 13.2 Å². The van der Waals surface area contributed by atoms with Crippen LogP contribution in [0.1, 0.15) is 19.4 Å². The van der Waals surface area contributed by atoms with E-state index in [0.29, 0.717) is 12.3 Å². The van der Waals surface area contributed by atoms with Crippen molar-refractivity contribution in [3.63, 3.8) is 0 Å². The van der Waals surface area contributed by atoms with Crippen molar-refractivity contribution >= 4 is 17.5 Å². The van der Waals surface area contributed by atoms with Crippen LogP contribution in [0.3, 0.4) is 0 Å². The van der Waals surface area contributed by atoms with Crippen LogP contribution in [-0.4, -0.2) is 24.0 Å². The summed E-state index contributed by atoms with van der Waals surface area (Å²) in [6, 6.07) is 2.55. The van der Waals surface area contributed by atoms with E-state index in [-0.39, 0.29) is 24.1 Å². The van der Waals surface area contributed by atoms with Gasteiger partial charge in [-0.15, -0.1) is 0 Å². The molecule has 0 saturated carbocycles. The number of carbonyl (C=O) groups excluding carboxylic acids is 1. The monoisotopic (exact) mass is 335 g/mol. The molecule has 0 aliphatic carbocycles. The van der Waals surface area contributed by atoms with Gasteiger partial charge in [-0.3, -0.25) is 4.79 Å². The number of aromatic nitrogens is 1. The number of nitriles is 1. The largest absolute Gasteiger partial charge is 0.475 e. The van der Waals surface area contributed by atoms with Crippen LogP contribution in [0.25, 0.3) is 0 Å². The minimum absolute atomic E-state index is 0.0503. The van der Waals surface area contributed by atoms with E-state index in [1.165, 1.54) is 13.8 Å². The zero-order chi connectivity index (χ0) is 17.0. The van der Waals surface area contributed by atoms with E-state index in [1.54, 1.807) is 0 Å². The molecule has 0 atom stereocenters. The Morgan fingerprint density at radius 3 is 2.64 bits per heavy atom. The van der Waals surface area contributed by atoms with Gasteiger partial charge < -0.3 is 10.1 Å². The molecule has 0 saturated heterocycles. The zero-order valence-electron chi connectivity index (χ0n) is 11.8. The molecule has 1 rings (SSSR count). The molecule has 1 aromatic rings. The second-order valence-corrected chi connectivity index (χ2v) is 5.26. The average Bonchev–Trinajstić information content (AvgIpc) is 2.43. The molecule has 1 amide bonds. The smallest absolute Gasteiger partial charge is 0.417 e. The van der Waals surface area contributed by atoms with Gasteiger partial charge in [-0.1, -0.05) is 11.6 Å². The van der Waals surface area contributed by atoms with Gasteiger partial charge in [0.05, 0.1) is 18.2 Å². The van der Waals surface area contributed by atoms with Crippen molar-refractivity contribution < 1.29 is 22.7 Å². The van der Waals surface area contributed by atoms with E-state index in [2.05, 4.69) is 10.3 Å². The van der Waals surface area contributed by atoms with Gasteiger partial charge in [0.15, 0.2) is 0 Å². The number of hydrogen-bond acceptors (Lipinski definition) is 4. The van der Waals surface area contributed by atoms with Crippen LogP contribution in [0.2, 0.25) is 5.02 Å². The minimum Gasteiger partial charge on any atom is -0.475 e. The predicted molar refractivity (Wildman–Crippen MR) is 72.1 cm³/mol.